The number of rotatable bonds is 14. The van der Waals surface area contributed by atoms with Crippen molar-refractivity contribution < 1.29 is 26.9 Å². The third-order valence-corrected chi connectivity index (χ3v) is 8.44. The van der Waals surface area contributed by atoms with Crippen molar-refractivity contribution in [1.29, 1.82) is 0 Å². The lowest BCUT2D eigenvalue weighted by atomic mass is 10.1. The van der Waals surface area contributed by atoms with Crippen LogP contribution in [0.5, 0.6) is 5.75 Å². The quantitative estimate of drug-likeness (QED) is 0.110. The van der Waals surface area contributed by atoms with Crippen LogP contribution in [0.25, 0.3) is 0 Å². The Morgan fingerprint density at radius 2 is 1.55 bits per heavy atom. The monoisotopic (exact) mass is 614 g/mol. The maximum Gasteiger partial charge on any atom is 0.340 e. The number of hydrogen-bond donors (Lipinski definition) is 0. The second-order valence-corrected chi connectivity index (χ2v) is 11.9. The summed E-state index contributed by atoms with van der Waals surface area (Å²) in [6.07, 6.45) is 1.49. The molecule has 226 valence electrons. The maximum atomic E-state index is 13.7. The van der Waals surface area contributed by atoms with Gasteiger partial charge in [-0.1, -0.05) is 55.3 Å². The summed E-state index contributed by atoms with van der Waals surface area (Å²) in [7, 11) is -4.48. The molecule has 0 spiro atoms. The van der Waals surface area contributed by atoms with E-state index in [4.69, 9.17) is 20.5 Å². The molecule has 0 aromatic heterocycles. The minimum Gasteiger partial charge on any atom is -0.462 e. The first-order valence-electron chi connectivity index (χ1n) is 14.2. The number of esters is 1. The molecule has 0 saturated heterocycles. The van der Waals surface area contributed by atoms with Crippen molar-refractivity contribution in [3.05, 3.63) is 88.4 Å². The van der Waals surface area contributed by atoms with Gasteiger partial charge in [0, 0.05) is 43.0 Å². The fourth-order valence-corrected chi connectivity index (χ4v) is 5.77. The Morgan fingerprint density at radius 3 is 2.17 bits per heavy atom. The number of anilines is 1. The second kappa shape index (κ2) is 15.1. The lowest BCUT2D eigenvalue weighted by Gasteiger charge is -2.29. The number of halogens is 1. The highest BCUT2D eigenvalue weighted by Gasteiger charge is 2.28. The molecule has 42 heavy (non-hydrogen) atoms. The summed E-state index contributed by atoms with van der Waals surface area (Å²) in [4.78, 5) is 29.7. The van der Waals surface area contributed by atoms with E-state index in [0.29, 0.717) is 35.7 Å². The molecule has 0 saturated carbocycles. The molecule has 0 bridgehead atoms. The van der Waals surface area contributed by atoms with Gasteiger partial charge in [0.1, 0.15) is 10.6 Å². The molecule has 0 N–H and O–H groups in total. The van der Waals surface area contributed by atoms with Gasteiger partial charge in [-0.05, 0) is 64.4 Å². The number of unbranched alkanes of at least 4 members (excludes halogenated alkanes) is 1. The molecule has 3 aromatic rings. The molecule has 0 aliphatic carbocycles. The first-order chi connectivity index (χ1) is 20.0. The summed E-state index contributed by atoms with van der Waals surface area (Å²) in [6.45, 7) is 11.3. The summed E-state index contributed by atoms with van der Waals surface area (Å²) < 4.78 is 38.5. The Labute approximate surface area is 254 Å². The SMILES string of the molecule is CCCCOC(=O)c1ccccc1S(=O)(=O)Oc1cc(N(CC)CC)ccc1CN(C(=O)c1ccccc1Cl)C(C)C. The average molecular weight is 615 g/mol. The number of benzene rings is 3. The molecular weight excluding hydrogens is 576 g/mol. The lowest BCUT2D eigenvalue weighted by molar-refractivity contribution is 0.0494. The third kappa shape index (κ3) is 8.04. The van der Waals surface area contributed by atoms with Crippen LogP contribution in [0.4, 0.5) is 5.69 Å². The van der Waals surface area contributed by atoms with Gasteiger partial charge < -0.3 is 18.7 Å². The molecule has 0 atom stereocenters. The van der Waals surface area contributed by atoms with E-state index in [2.05, 4.69) is 4.90 Å². The van der Waals surface area contributed by atoms with Gasteiger partial charge in [-0.15, -0.1) is 0 Å². The van der Waals surface area contributed by atoms with E-state index in [-0.39, 0.29) is 41.3 Å². The predicted octanol–water partition coefficient (Wildman–Crippen LogP) is 6.96. The van der Waals surface area contributed by atoms with Crippen molar-refractivity contribution in [3.63, 3.8) is 0 Å². The zero-order valence-corrected chi connectivity index (χ0v) is 26.4. The zero-order chi connectivity index (χ0) is 30.9. The Hall–Kier alpha value is -3.56. The van der Waals surface area contributed by atoms with E-state index in [9.17, 15) is 18.0 Å². The topological polar surface area (TPSA) is 93.2 Å². The van der Waals surface area contributed by atoms with Crippen LogP contribution in [-0.2, 0) is 21.4 Å². The van der Waals surface area contributed by atoms with Crippen molar-refractivity contribution in [2.24, 2.45) is 0 Å². The van der Waals surface area contributed by atoms with Gasteiger partial charge in [-0.2, -0.15) is 8.42 Å². The van der Waals surface area contributed by atoms with E-state index in [1.807, 2.05) is 40.7 Å². The highest BCUT2D eigenvalue weighted by molar-refractivity contribution is 7.87. The first kappa shape index (κ1) is 32.9. The zero-order valence-electron chi connectivity index (χ0n) is 24.8. The van der Waals surface area contributed by atoms with Crippen molar-refractivity contribution in [3.8, 4) is 5.75 Å². The van der Waals surface area contributed by atoms with E-state index in [1.54, 1.807) is 47.4 Å². The second-order valence-electron chi connectivity index (χ2n) is 9.99. The van der Waals surface area contributed by atoms with Gasteiger partial charge in [0.2, 0.25) is 0 Å². The summed E-state index contributed by atoms with van der Waals surface area (Å²) in [5, 5.41) is 0.325. The standard InChI is InChI=1S/C32H39ClN2O6S/c1-6-9-20-40-32(37)27-15-11-13-17-30(27)42(38,39)41-29-21-25(34(7-2)8-3)19-18-24(29)22-35(23(4)5)31(36)26-14-10-12-16-28(26)33/h10-19,21,23H,6-9,20,22H2,1-5H3. The fraction of sp³-hybridized carbons (Fsp3) is 0.375. The molecule has 3 aromatic carbocycles. The highest BCUT2D eigenvalue weighted by atomic mass is 35.5. The number of hydrogen-bond acceptors (Lipinski definition) is 7. The van der Waals surface area contributed by atoms with E-state index < -0.39 is 16.1 Å². The summed E-state index contributed by atoms with van der Waals surface area (Å²) in [5.41, 5.74) is 1.48. The molecule has 0 heterocycles. The Kier molecular flexibility index (Phi) is 11.8. The van der Waals surface area contributed by atoms with Crippen LogP contribution >= 0.6 is 11.6 Å². The van der Waals surface area contributed by atoms with Crippen LogP contribution in [0.15, 0.2) is 71.6 Å². The number of nitrogens with zero attached hydrogens (tertiary/aromatic N) is 2. The third-order valence-electron chi connectivity index (χ3n) is 6.82. The smallest absolute Gasteiger partial charge is 0.340 e. The number of carbonyl (C=O) groups excluding carboxylic acids is 2. The predicted molar refractivity (Wildman–Crippen MR) is 166 cm³/mol. The van der Waals surface area contributed by atoms with Crippen LogP contribution in [-0.4, -0.2) is 50.9 Å². The maximum absolute atomic E-state index is 13.7. The van der Waals surface area contributed by atoms with E-state index in [0.717, 1.165) is 12.1 Å². The molecule has 0 radical (unpaired) electrons. The first-order valence-corrected chi connectivity index (χ1v) is 16.0. The number of amides is 1. The van der Waals surface area contributed by atoms with E-state index in [1.165, 1.54) is 18.2 Å². The van der Waals surface area contributed by atoms with Crippen LogP contribution < -0.4 is 9.08 Å². The molecule has 0 aliphatic heterocycles. The summed E-state index contributed by atoms with van der Waals surface area (Å²) in [5.74, 6) is -0.969. The van der Waals surface area contributed by atoms with Gasteiger partial charge in [-0.25, -0.2) is 4.79 Å². The van der Waals surface area contributed by atoms with Crippen molar-refractivity contribution in [2.45, 2.75) is 64.9 Å². The van der Waals surface area contributed by atoms with E-state index >= 15 is 0 Å². The molecular formula is C32H39ClN2O6S. The van der Waals surface area contributed by atoms with Crippen molar-refractivity contribution in [2.75, 3.05) is 24.6 Å². The summed E-state index contributed by atoms with van der Waals surface area (Å²) in [6, 6.07) is 17.7. The normalized spacial score (nSPS) is 11.3. The van der Waals surface area contributed by atoms with Crippen LogP contribution in [0.3, 0.4) is 0 Å². The minimum absolute atomic E-state index is 0.0613. The van der Waals surface area contributed by atoms with Crippen LogP contribution in [0.2, 0.25) is 5.02 Å². The van der Waals surface area contributed by atoms with Gasteiger partial charge in [0.25, 0.3) is 5.91 Å². The Balaban J connectivity index is 2.05. The number of ether oxygens (including phenoxy) is 1. The van der Waals surface area contributed by atoms with Crippen molar-refractivity contribution >= 4 is 39.3 Å². The molecule has 10 heteroatoms. The van der Waals surface area contributed by atoms with Crippen molar-refractivity contribution in [1.82, 2.24) is 4.90 Å². The molecule has 3 rings (SSSR count). The largest absolute Gasteiger partial charge is 0.462 e. The molecule has 0 aliphatic rings. The molecule has 1 amide bonds. The van der Waals surface area contributed by atoms with Gasteiger partial charge in [-0.3, -0.25) is 4.79 Å². The lowest BCUT2D eigenvalue weighted by Crippen LogP contribution is -2.36. The van der Waals surface area contributed by atoms with Gasteiger partial charge >= 0.3 is 16.1 Å². The molecule has 0 fully saturated rings. The minimum atomic E-state index is -4.48. The number of carbonyl (C=O) groups is 2. The molecule has 0 unspecified atom stereocenters. The molecule has 8 nitrogen and oxygen atoms in total. The summed E-state index contributed by atoms with van der Waals surface area (Å²) >= 11 is 6.33. The average Bonchev–Trinajstić information content (AvgIpc) is 2.97. The van der Waals surface area contributed by atoms with Crippen LogP contribution in [0, 0.1) is 0 Å². The van der Waals surface area contributed by atoms with Gasteiger partial charge in [0.05, 0.1) is 22.8 Å². The van der Waals surface area contributed by atoms with Gasteiger partial charge in [0.15, 0.2) is 0 Å². The highest BCUT2D eigenvalue weighted by Crippen LogP contribution is 2.32. The van der Waals surface area contributed by atoms with Crippen LogP contribution in [0.1, 0.15) is 73.7 Å². The Bertz CT molecular complexity index is 1490. The Morgan fingerprint density at radius 1 is 0.905 bits per heavy atom. The fourth-order valence-electron chi connectivity index (χ4n) is 4.40.